The van der Waals surface area contributed by atoms with Gasteiger partial charge >= 0.3 is 19.5 Å². The van der Waals surface area contributed by atoms with Crippen LogP contribution in [0.25, 0.3) is 5.57 Å². The van der Waals surface area contributed by atoms with Gasteiger partial charge in [-0.2, -0.15) is 0 Å². The molecule has 2 aliphatic carbocycles. The molecule has 0 saturated heterocycles. The van der Waals surface area contributed by atoms with Crippen LogP contribution in [0.15, 0.2) is 54.1 Å². The number of hydrogen-bond donors (Lipinski definition) is 1. The van der Waals surface area contributed by atoms with Crippen LogP contribution in [0.3, 0.4) is 0 Å². The number of allylic oxidation sites excluding steroid dienone is 1. The first-order valence-electron chi connectivity index (χ1n) is 11.9. The van der Waals surface area contributed by atoms with Crippen LogP contribution in [0.5, 0.6) is 11.5 Å². The molecule has 0 heterocycles. The van der Waals surface area contributed by atoms with Crippen molar-refractivity contribution in [2.45, 2.75) is 19.8 Å². The Morgan fingerprint density at radius 1 is 0.771 bits per heavy atom. The van der Waals surface area contributed by atoms with E-state index >= 15 is 0 Å². The summed E-state index contributed by atoms with van der Waals surface area (Å²) in [7, 11) is 4.15. The second-order valence-corrected chi connectivity index (χ2v) is 8.42. The largest absolute Gasteiger partial charge is 2.00 e. The first-order valence-corrected chi connectivity index (χ1v) is 11.9. The van der Waals surface area contributed by atoms with E-state index in [0.717, 1.165) is 36.3 Å². The zero-order chi connectivity index (χ0) is 24.2. The summed E-state index contributed by atoms with van der Waals surface area (Å²) in [6.45, 7) is 3.92. The number of phenols is 1. The molecule has 0 aromatic heterocycles. The molecule has 1 N–H and O–H groups in total. The molecule has 0 amide bonds. The molecule has 35 heavy (non-hydrogen) atoms. The number of rotatable bonds is 9. The standard InChI is InChI=1S/C26H30NO2.C5H5.Ru/c1-4-25(20-8-5-6-9-20)26(21-10-14-23(28)15-11-21)22-12-16-24(17-13-22)29-19-7-18-27(2)3;1-2-4-5-3-1;/h5-6,8-17,28H,4,7,18-19H2,1-3H3;1-5H;/q;;+2/b26-25-;;. The number of phenolic OH excluding ortho intramolecular Hbond substituents is 1. The van der Waals surface area contributed by atoms with E-state index in [4.69, 9.17) is 4.74 Å². The van der Waals surface area contributed by atoms with Crippen LogP contribution in [0, 0.1) is 63.7 Å². The summed E-state index contributed by atoms with van der Waals surface area (Å²) in [6.07, 6.45) is 20.4. The molecule has 0 spiro atoms. The second-order valence-electron chi connectivity index (χ2n) is 8.42. The van der Waals surface area contributed by atoms with Crippen LogP contribution in [-0.4, -0.2) is 37.3 Å². The summed E-state index contributed by atoms with van der Waals surface area (Å²) in [6, 6.07) is 15.8. The summed E-state index contributed by atoms with van der Waals surface area (Å²) < 4.78 is 5.90. The van der Waals surface area contributed by atoms with E-state index in [-0.39, 0.29) is 25.2 Å². The Morgan fingerprint density at radius 3 is 1.77 bits per heavy atom. The summed E-state index contributed by atoms with van der Waals surface area (Å²) in [4.78, 5) is 2.16. The van der Waals surface area contributed by atoms with E-state index in [2.05, 4.69) is 63.7 Å². The van der Waals surface area contributed by atoms with Gasteiger partial charge < -0.3 is 14.7 Å². The Kier molecular flexibility index (Phi) is 13.7. The van der Waals surface area contributed by atoms with E-state index in [0.29, 0.717) is 6.61 Å². The molecule has 2 aromatic rings. The molecule has 182 valence electrons. The molecule has 4 rings (SSSR count). The van der Waals surface area contributed by atoms with Gasteiger partial charge in [0.05, 0.1) is 6.61 Å². The Labute approximate surface area is 226 Å². The van der Waals surface area contributed by atoms with Crippen molar-refractivity contribution < 1.29 is 29.3 Å². The minimum atomic E-state index is 0. The maximum atomic E-state index is 9.73. The molecule has 0 bridgehead atoms. The van der Waals surface area contributed by atoms with E-state index in [1.807, 2.05) is 56.4 Å². The first-order chi connectivity index (χ1) is 16.6. The van der Waals surface area contributed by atoms with Crippen molar-refractivity contribution in [1.29, 1.82) is 0 Å². The fourth-order valence-corrected chi connectivity index (χ4v) is 3.85. The zero-order valence-electron chi connectivity index (χ0n) is 20.8. The monoisotopic (exact) mass is 555 g/mol. The van der Waals surface area contributed by atoms with Gasteiger partial charge in [0.1, 0.15) is 11.5 Å². The predicted molar refractivity (Wildman–Crippen MR) is 141 cm³/mol. The molecule has 2 fully saturated rings. The van der Waals surface area contributed by atoms with Gasteiger partial charge in [-0.3, -0.25) is 0 Å². The molecule has 10 radical (unpaired) electrons. The average Bonchev–Trinajstić information content (AvgIpc) is 3.59. The number of aromatic hydroxyl groups is 1. The third-order valence-corrected chi connectivity index (χ3v) is 5.54. The fraction of sp³-hybridized carbons (Fsp3) is 0.226. The van der Waals surface area contributed by atoms with Gasteiger partial charge in [0, 0.05) is 12.5 Å². The quantitative estimate of drug-likeness (QED) is 0.289. The SMILES string of the molecule is CC/C([C]1[CH][CH][CH][CH]1)=C(\c1ccc(O)cc1)c1ccc(OCCCN(C)C)cc1.[CH]1[CH][CH][CH][CH]1.[Ru+2]. The first kappa shape index (κ1) is 29.6. The Bertz CT molecular complexity index is 856. The number of benzene rings is 2. The normalized spacial score (nSPS) is 16.3. The van der Waals surface area contributed by atoms with E-state index in [9.17, 15) is 5.11 Å². The molecule has 0 aliphatic heterocycles. The van der Waals surface area contributed by atoms with Gasteiger partial charge in [-0.05, 0) is 126 Å². The van der Waals surface area contributed by atoms with Crippen molar-refractivity contribution >= 4 is 5.57 Å². The molecule has 3 nitrogen and oxygen atoms in total. The smallest absolute Gasteiger partial charge is 0.508 e. The maximum absolute atomic E-state index is 9.73. The van der Waals surface area contributed by atoms with Gasteiger partial charge in [-0.15, -0.1) is 0 Å². The van der Waals surface area contributed by atoms with Crippen LogP contribution in [0.2, 0.25) is 0 Å². The molecule has 2 aromatic carbocycles. The number of nitrogens with zero attached hydrogens (tertiary/aromatic N) is 1. The van der Waals surface area contributed by atoms with Crippen molar-refractivity contribution in [1.82, 2.24) is 4.90 Å². The van der Waals surface area contributed by atoms with Gasteiger partial charge in [0.25, 0.3) is 0 Å². The van der Waals surface area contributed by atoms with Crippen molar-refractivity contribution in [2.75, 3.05) is 27.2 Å². The predicted octanol–water partition coefficient (Wildman–Crippen LogP) is 6.36. The minimum absolute atomic E-state index is 0. The summed E-state index contributed by atoms with van der Waals surface area (Å²) in [5.74, 6) is 2.41. The Balaban J connectivity index is 0.000000640. The molecule has 2 saturated carbocycles. The molecule has 0 atom stereocenters. The van der Waals surface area contributed by atoms with Crippen molar-refractivity contribution in [3.63, 3.8) is 0 Å². The van der Waals surface area contributed by atoms with Crippen LogP contribution < -0.4 is 4.74 Å². The number of hydrogen-bond acceptors (Lipinski definition) is 3. The maximum Gasteiger partial charge on any atom is 2.00 e. The minimum Gasteiger partial charge on any atom is -0.508 e. The molecule has 0 unspecified atom stereocenters. The topological polar surface area (TPSA) is 32.7 Å². The van der Waals surface area contributed by atoms with Gasteiger partial charge in [0.15, 0.2) is 0 Å². The van der Waals surface area contributed by atoms with E-state index in [1.54, 1.807) is 12.1 Å². The van der Waals surface area contributed by atoms with Crippen molar-refractivity contribution in [3.05, 3.63) is 129 Å². The van der Waals surface area contributed by atoms with Crippen LogP contribution in [0.1, 0.15) is 30.9 Å². The fourth-order valence-electron chi connectivity index (χ4n) is 3.85. The number of ether oxygens (including phenoxy) is 1. The van der Waals surface area contributed by atoms with Crippen LogP contribution >= 0.6 is 0 Å². The summed E-state index contributed by atoms with van der Waals surface area (Å²) >= 11 is 0. The average molecular weight is 555 g/mol. The summed E-state index contributed by atoms with van der Waals surface area (Å²) in [5.41, 5.74) is 4.73. The third kappa shape index (κ3) is 9.73. The van der Waals surface area contributed by atoms with Crippen LogP contribution in [-0.2, 0) is 19.5 Å². The van der Waals surface area contributed by atoms with Gasteiger partial charge in [-0.1, -0.05) is 36.8 Å². The molecular formula is C31H35NO2Ru+2. The van der Waals surface area contributed by atoms with E-state index in [1.165, 1.54) is 17.1 Å². The zero-order valence-corrected chi connectivity index (χ0v) is 22.5. The summed E-state index contributed by atoms with van der Waals surface area (Å²) in [5, 5.41) is 9.73. The molecule has 4 heteroatoms. The molecular weight excluding hydrogens is 519 g/mol. The van der Waals surface area contributed by atoms with E-state index < -0.39 is 0 Å². The third-order valence-electron chi connectivity index (χ3n) is 5.54. The molecule has 2 aliphatic rings. The van der Waals surface area contributed by atoms with Crippen LogP contribution in [0.4, 0.5) is 0 Å². The van der Waals surface area contributed by atoms with Crippen molar-refractivity contribution in [3.8, 4) is 11.5 Å². The Hall–Kier alpha value is -1.64. The van der Waals surface area contributed by atoms with Crippen molar-refractivity contribution in [2.24, 2.45) is 0 Å². The van der Waals surface area contributed by atoms with Gasteiger partial charge in [0.2, 0.25) is 0 Å². The Morgan fingerprint density at radius 2 is 1.29 bits per heavy atom. The second kappa shape index (κ2) is 16.2. The van der Waals surface area contributed by atoms with Gasteiger partial charge in [-0.25, -0.2) is 0 Å².